The summed E-state index contributed by atoms with van der Waals surface area (Å²) in [6.45, 7) is 1.51. The second-order valence-corrected chi connectivity index (χ2v) is 2.94. The van der Waals surface area contributed by atoms with Crippen molar-refractivity contribution in [1.29, 1.82) is 0 Å². The minimum absolute atomic E-state index is 0.00824. The molecule has 5 nitrogen and oxygen atoms in total. The Morgan fingerprint density at radius 2 is 1.93 bits per heavy atom. The SMILES string of the molecule is Cc1c(N=O)cc(N=O)cc1C(=O)Cl. The van der Waals surface area contributed by atoms with E-state index in [1.54, 1.807) is 0 Å². The van der Waals surface area contributed by atoms with Crippen LogP contribution in [0.15, 0.2) is 22.5 Å². The van der Waals surface area contributed by atoms with E-state index in [2.05, 4.69) is 10.4 Å². The lowest BCUT2D eigenvalue weighted by atomic mass is 10.1. The van der Waals surface area contributed by atoms with Gasteiger partial charge >= 0.3 is 0 Å². The van der Waals surface area contributed by atoms with Crippen LogP contribution in [-0.2, 0) is 0 Å². The number of nitrogens with zero attached hydrogens (tertiary/aromatic N) is 2. The summed E-state index contributed by atoms with van der Waals surface area (Å²) < 4.78 is 0. The van der Waals surface area contributed by atoms with Crippen LogP contribution >= 0.6 is 11.6 Å². The zero-order valence-electron chi connectivity index (χ0n) is 7.15. The molecular formula is C8H5ClN2O3. The lowest BCUT2D eigenvalue weighted by Gasteiger charge is -2.02. The fourth-order valence-electron chi connectivity index (χ4n) is 1.04. The molecule has 0 aliphatic rings. The number of rotatable bonds is 3. The molecule has 14 heavy (non-hydrogen) atoms. The first kappa shape index (κ1) is 10.5. The molecule has 0 fully saturated rings. The van der Waals surface area contributed by atoms with Gasteiger partial charge < -0.3 is 0 Å². The summed E-state index contributed by atoms with van der Waals surface area (Å²) in [6, 6.07) is 2.41. The quantitative estimate of drug-likeness (QED) is 0.570. The van der Waals surface area contributed by atoms with Gasteiger partial charge in [-0.15, -0.1) is 9.81 Å². The van der Waals surface area contributed by atoms with E-state index >= 15 is 0 Å². The molecule has 0 heterocycles. The van der Waals surface area contributed by atoms with Gasteiger partial charge in [-0.3, -0.25) is 4.79 Å². The minimum atomic E-state index is -0.752. The van der Waals surface area contributed by atoms with Crippen LogP contribution in [-0.4, -0.2) is 5.24 Å². The van der Waals surface area contributed by atoms with Crippen molar-refractivity contribution < 1.29 is 4.79 Å². The molecule has 0 radical (unpaired) electrons. The highest BCUT2D eigenvalue weighted by molar-refractivity contribution is 6.68. The monoisotopic (exact) mass is 212 g/mol. The number of carbonyl (C=O) groups excluding carboxylic acids is 1. The van der Waals surface area contributed by atoms with Gasteiger partial charge in [-0.05, 0) is 46.6 Å². The third-order valence-electron chi connectivity index (χ3n) is 1.78. The molecule has 0 aromatic heterocycles. The van der Waals surface area contributed by atoms with Gasteiger partial charge in [-0.2, -0.15) is 0 Å². The Morgan fingerprint density at radius 3 is 2.36 bits per heavy atom. The molecule has 1 aromatic rings. The van der Waals surface area contributed by atoms with Gasteiger partial charge in [0.2, 0.25) is 0 Å². The highest BCUT2D eigenvalue weighted by Crippen LogP contribution is 2.29. The van der Waals surface area contributed by atoms with Crippen molar-refractivity contribution in [3.8, 4) is 0 Å². The number of benzene rings is 1. The van der Waals surface area contributed by atoms with Crippen LogP contribution in [0.5, 0.6) is 0 Å². The van der Waals surface area contributed by atoms with E-state index < -0.39 is 5.24 Å². The van der Waals surface area contributed by atoms with Crippen molar-refractivity contribution >= 4 is 28.2 Å². The molecule has 0 N–H and O–H groups in total. The van der Waals surface area contributed by atoms with Gasteiger partial charge in [0.25, 0.3) is 5.24 Å². The smallest absolute Gasteiger partial charge is 0.252 e. The van der Waals surface area contributed by atoms with E-state index in [0.29, 0.717) is 5.56 Å². The molecule has 1 rings (SSSR count). The zero-order valence-corrected chi connectivity index (χ0v) is 7.91. The van der Waals surface area contributed by atoms with Crippen molar-refractivity contribution in [2.75, 3.05) is 0 Å². The third kappa shape index (κ3) is 1.82. The molecule has 0 saturated carbocycles. The summed E-state index contributed by atoms with van der Waals surface area (Å²) in [5.41, 5.74) is 0.353. The van der Waals surface area contributed by atoms with Crippen LogP contribution in [0.3, 0.4) is 0 Å². The molecule has 0 atom stereocenters. The Morgan fingerprint density at radius 1 is 1.29 bits per heavy atom. The van der Waals surface area contributed by atoms with E-state index in [4.69, 9.17) is 11.6 Å². The molecule has 6 heteroatoms. The van der Waals surface area contributed by atoms with Crippen LogP contribution < -0.4 is 0 Å². The van der Waals surface area contributed by atoms with Crippen LogP contribution in [0.2, 0.25) is 0 Å². The van der Waals surface area contributed by atoms with Gasteiger partial charge in [0.05, 0.1) is 0 Å². The van der Waals surface area contributed by atoms with Crippen LogP contribution in [0.4, 0.5) is 11.4 Å². The second kappa shape index (κ2) is 4.06. The Hall–Kier alpha value is -1.62. The Bertz CT molecular complexity index is 417. The molecule has 0 saturated heterocycles. The number of halogens is 1. The van der Waals surface area contributed by atoms with Gasteiger partial charge in [0.15, 0.2) is 0 Å². The van der Waals surface area contributed by atoms with Crippen LogP contribution in [0.1, 0.15) is 15.9 Å². The molecule has 0 unspecified atom stereocenters. The van der Waals surface area contributed by atoms with Gasteiger partial charge in [0, 0.05) is 5.56 Å². The molecule has 0 spiro atoms. The Labute approximate surface area is 84.0 Å². The average molecular weight is 213 g/mol. The predicted octanol–water partition coefficient (Wildman–Crippen LogP) is 3.17. The normalized spacial score (nSPS) is 9.57. The van der Waals surface area contributed by atoms with Crippen molar-refractivity contribution in [2.45, 2.75) is 6.92 Å². The number of hydrogen-bond acceptors (Lipinski definition) is 5. The summed E-state index contributed by atoms with van der Waals surface area (Å²) in [5.74, 6) is 0. The Kier molecular flexibility index (Phi) is 3.03. The lowest BCUT2D eigenvalue weighted by Crippen LogP contribution is -1.93. The summed E-state index contributed by atoms with van der Waals surface area (Å²) in [5, 5.41) is 4.51. The molecule has 72 valence electrons. The topological polar surface area (TPSA) is 75.9 Å². The van der Waals surface area contributed by atoms with E-state index in [1.807, 2.05) is 0 Å². The fraction of sp³-hybridized carbons (Fsp3) is 0.125. The van der Waals surface area contributed by atoms with Crippen molar-refractivity contribution in [1.82, 2.24) is 0 Å². The first-order valence-corrected chi connectivity index (χ1v) is 3.99. The summed E-state index contributed by atoms with van der Waals surface area (Å²) in [6.07, 6.45) is 0. The van der Waals surface area contributed by atoms with Crippen molar-refractivity contribution in [3.05, 3.63) is 33.1 Å². The van der Waals surface area contributed by atoms with Crippen molar-refractivity contribution in [2.24, 2.45) is 10.4 Å². The van der Waals surface area contributed by atoms with Gasteiger partial charge in [-0.1, -0.05) is 0 Å². The van der Waals surface area contributed by atoms with Crippen LogP contribution in [0, 0.1) is 16.7 Å². The molecule has 0 bridgehead atoms. The number of nitroso groups, excluding NO2 is 2. The molecule has 0 aliphatic heterocycles. The highest BCUT2D eigenvalue weighted by atomic mass is 35.5. The van der Waals surface area contributed by atoms with Crippen LogP contribution in [0.25, 0.3) is 0 Å². The van der Waals surface area contributed by atoms with E-state index in [9.17, 15) is 14.6 Å². The minimum Gasteiger partial charge on any atom is -0.276 e. The lowest BCUT2D eigenvalue weighted by molar-refractivity contribution is 0.108. The highest BCUT2D eigenvalue weighted by Gasteiger charge is 2.12. The summed E-state index contributed by atoms with van der Waals surface area (Å²) >= 11 is 5.24. The molecule has 0 amide bonds. The van der Waals surface area contributed by atoms with Gasteiger partial charge in [-0.25, -0.2) is 0 Å². The van der Waals surface area contributed by atoms with E-state index in [0.717, 1.165) is 0 Å². The summed E-state index contributed by atoms with van der Waals surface area (Å²) in [7, 11) is 0. The molecular weight excluding hydrogens is 208 g/mol. The first-order valence-electron chi connectivity index (χ1n) is 3.61. The fourth-order valence-corrected chi connectivity index (χ4v) is 1.23. The first-order chi connectivity index (χ1) is 6.60. The maximum Gasteiger partial charge on any atom is 0.252 e. The standard InChI is InChI=1S/C8H5ClN2O3/c1-4-6(8(9)12)2-5(10-13)3-7(4)11-14/h2-3H,1H3. The average Bonchev–Trinajstić information content (AvgIpc) is 2.17. The number of carbonyl (C=O) groups is 1. The van der Waals surface area contributed by atoms with E-state index in [-0.39, 0.29) is 16.9 Å². The third-order valence-corrected chi connectivity index (χ3v) is 1.98. The van der Waals surface area contributed by atoms with Crippen molar-refractivity contribution in [3.63, 3.8) is 0 Å². The molecule has 0 aliphatic carbocycles. The Balaban J connectivity index is 3.49. The largest absolute Gasteiger partial charge is 0.276 e. The zero-order chi connectivity index (χ0) is 10.7. The van der Waals surface area contributed by atoms with E-state index in [1.165, 1.54) is 19.1 Å². The maximum atomic E-state index is 10.9. The molecule has 1 aromatic carbocycles. The summed E-state index contributed by atoms with van der Waals surface area (Å²) in [4.78, 5) is 31.4. The predicted molar refractivity (Wildman–Crippen MR) is 52.3 cm³/mol. The van der Waals surface area contributed by atoms with Gasteiger partial charge in [0.1, 0.15) is 11.4 Å². The maximum absolute atomic E-state index is 10.9. The second-order valence-electron chi connectivity index (χ2n) is 2.59. The number of hydrogen-bond donors (Lipinski definition) is 0.